The van der Waals surface area contributed by atoms with Crippen LogP contribution in [0.15, 0.2) is 60.2 Å². The van der Waals surface area contributed by atoms with Crippen LogP contribution >= 0.6 is 11.3 Å². The molecule has 4 heterocycles. The fourth-order valence-electron chi connectivity index (χ4n) is 3.09. The third kappa shape index (κ3) is 4.04. The van der Waals surface area contributed by atoms with E-state index in [-0.39, 0.29) is 5.91 Å². The number of H-pyrrole nitrogens is 1. The molecule has 2 N–H and O–H groups in total. The minimum atomic E-state index is -0.116. The minimum Gasteiger partial charge on any atom is -0.359 e. The summed E-state index contributed by atoms with van der Waals surface area (Å²) in [6.45, 7) is 1.21. The predicted molar refractivity (Wildman–Crippen MR) is 113 cm³/mol. The van der Waals surface area contributed by atoms with Crippen LogP contribution in [-0.2, 0) is 13.0 Å². The van der Waals surface area contributed by atoms with E-state index in [2.05, 4.69) is 25.2 Å². The predicted octanol–water partition coefficient (Wildman–Crippen LogP) is 3.63. The molecule has 142 valence electrons. The van der Waals surface area contributed by atoms with Crippen LogP contribution in [0.2, 0.25) is 0 Å². The summed E-state index contributed by atoms with van der Waals surface area (Å²) in [7, 11) is 2.01. The topological polar surface area (TPSA) is 73.9 Å². The average molecular weight is 392 g/mol. The van der Waals surface area contributed by atoms with Gasteiger partial charge in [0, 0.05) is 50.2 Å². The molecule has 4 aromatic rings. The summed E-state index contributed by atoms with van der Waals surface area (Å²) in [6, 6.07) is 13.7. The van der Waals surface area contributed by atoms with E-state index in [4.69, 9.17) is 0 Å². The van der Waals surface area contributed by atoms with E-state index in [1.807, 2.05) is 61.1 Å². The lowest BCUT2D eigenvalue weighted by atomic mass is 10.2. The van der Waals surface area contributed by atoms with Crippen LogP contribution in [0, 0.1) is 0 Å². The second kappa shape index (κ2) is 8.22. The summed E-state index contributed by atoms with van der Waals surface area (Å²) in [5, 5.41) is 5.00. The Kier molecular flexibility index (Phi) is 5.34. The first-order chi connectivity index (χ1) is 13.7. The number of carbonyl (C=O) groups is 1. The molecule has 0 saturated heterocycles. The first-order valence-electron chi connectivity index (χ1n) is 9.10. The van der Waals surface area contributed by atoms with Gasteiger partial charge in [0.25, 0.3) is 5.91 Å². The molecule has 0 unspecified atom stereocenters. The number of likely N-dealkylation sites (N-methyl/N-ethyl adjacent to an activating group) is 1. The summed E-state index contributed by atoms with van der Waals surface area (Å²) < 4.78 is 1.08. The first-order valence-corrected chi connectivity index (χ1v) is 9.98. The van der Waals surface area contributed by atoms with Crippen molar-refractivity contribution in [2.75, 3.05) is 18.5 Å². The summed E-state index contributed by atoms with van der Waals surface area (Å²) in [5.41, 5.74) is 3.60. The molecule has 0 aliphatic carbocycles. The van der Waals surface area contributed by atoms with Crippen LogP contribution in [-0.4, -0.2) is 34.5 Å². The van der Waals surface area contributed by atoms with Crippen molar-refractivity contribution < 1.29 is 4.79 Å². The molecule has 0 aromatic carbocycles. The Morgan fingerprint density at radius 2 is 2.07 bits per heavy atom. The molecule has 0 aliphatic rings. The summed E-state index contributed by atoms with van der Waals surface area (Å²) >= 11 is 1.62. The number of anilines is 1. The number of thiophene rings is 1. The van der Waals surface area contributed by atoms with Crippen LogP contribution in [0.1, 0.15) is 21.7 Å². The highest BCUT2D eigenvalue weighted by Crippen LogP contribution is 2.21. The van der Waals surface area contributed by atoms with Crippen LogP contribution in [0.3, 0.4) is 0 Å². The number of rotatable bonds is 7. The Balaban J connectivity index is 1.40. The molecule has 0 fully saturated rings. The monoisotopic (exact) mass is 391 g/mol. The highest BCUT2D eigenvalue weighted by Gasteiger charge is 2.13. The first kappa shape index (κ1) is 18.2. The number of pyridine rings is 2. The molecule has 0 radical (unpaired) electrons. The van der Waals surface area contributed by atoms with Gasteiger partial charge in [0.2, 0.25) is 0 Å². The fourth-order valence-corrected chi connectivity index (χ4v) is 3.87. The molecule has 6 nitrogen and oxygen atoms in total. The van der Waals surface area contributed by atoms with Crippen molar-refractivity contribution in [1.82, 2.24) is 20.3 Å². The third-order valence-corrected chi connectivity index (χ3v) is 5.45. The number of nitrogens with zero attached hydrogens (tertiary/aromatic N) is 3. The maximum atomic E-state index is 12.5. The van der Waals surface area contributed by atoms with Gasteiger partial charge in [-0.25, -0.2) is 4.98 Å². The van der Waals surface area contributed by atoms with Crippen LogP contribution in [0.25, 0.3) is 10.2 Å². The lowest BCUT2D eigenvalue weighted by Gasteiger charge is -2.21. The number of amides is 1. The van der Waals surface area contributed by atoms with Gasteiger partial charge in [-0.3, -0.25) is 9.78 Å². The van der Waals surface area contributed by atoms with E-state index in [9.17, 15) is 4.79 Å². The van der Waals surface area contributed by atoms with Crippen LogP contribution in [0.5, 0.6) is 0 Å². The average Bonchev–Trinajstić information content (AvgIpc) is 3.33. The van der Waals surface area contributed by atoms with E-state index in [0.717, 1.165) is 40.3 Å². The molecule has 7 heteroatoms. The Labute approximate surface area is 167 Å². The van der Waals surface area contributed by atoms with Gasteiger partial charge in [-0.15, -0.1) is 11.3 Å². The molecule has 4 aromatic heterocycles. The van der Waals surface area contributed by atoms with Crippen molar-refractivity contribution in [2.45, 2.75) is 13.0 Å². The Morgan fingerprint density at radius 3 is 2.89 bits per heavy atom. The zero-order chi connectivity index (χ0) is 19.3. The van der Waals surface area contributed by atoms with Gasteiger partial charge in [-0.05, 0) is 35.7 Å². The van der Waals surface area contributed by atoms with Crippen molar-refractivity contribution in [1.29, 1.82) is 0 Å². The third-order valence-electron chi connectivity index (χ3n) is 4.58. The van der Waals surface area contributed by atoms with Crippen molar-refractivity contribution in [2.24, 2.45) is 0 Å². The molecule has 1 amide bonds. The highest BCUT2D eigenvalue weighted by atomic mass is 32.1. The van der Waals surface area contributed by atoms with Gasteiger partial charge in [-0.1, -0.05) is 12.1 Å². The van der Waals surface area contributed by atoms with E-state index >= 15 is 0 Å². The molecule has 28 heavy (non-hydrogen) atoms. The molecule has 0 spiro atoms. The van der Waals surface area contributed by atoms with Crippen LogP contribution in [0.4, 0.5) is 5.82 Å². The summed E-state index contributed by atoms with van der Waals surface area (Å²) in [4.78, 5) is 26.6. The van der Waals surface area contributed by atoms with Crippen molar-refractivity contribution in [3.8, 4) is 0 Å². The van der Waals surface area contributed by atoms with Gasteiger partial charge in [0.1, 0.15) is 11.5 Å². The Hall–Kier alpha value is -3.19. The van der Waals surface area contributed by atoms with E-state index in [1.165, 1.54) is 0 Å². The number of fused-ring (bicyclic) bond motifs is 1. The number of aromatic amines is 1. The Bertz CT molecular complexity index is 1040. The maximum absolute atomic E-state index is 12.5. The second-order valence-corrected chi connectivity index (χ2v) is 7.49. The fraction of sp³-hybridized carbons (Fsp3) is 0.190. The van der Waals surface area contributed by atoms with Crippen molar-refractivity contribution in [3.05, 3.63) is 77.2 Å². The molecule has 0 bridgehead atoms. The lowest BCUT2D eigenvalue weighted by Crippen LogP contribution is -2.27. The smallest absolute Gasteiger partial charge is 0.268 e. The Morgan fingerprint density at radius 1 is 1.18 bits per heavy atom. The minimum absolute atomic E-state index is 0.116. The lowest BCUT2D eigenvalue weighted by molar-refractivity contribution is 0.0947. The van der Waals surface area contributed by atoms with E-state index < -0.39 is 0 Å². The molecular weight excluding hydrogens is 370 g/mol. The van der Waals surface area contributed by atoms with Gasteiger partial charge in [0.05, 0.1) is 10.2 Å². The molecule has 0 aliphatic heterocycles. The summed E-state index contributed by atoms with van der Waals surface area (Å²) in [6.07, 6.45) is 4.41. The number of hydrogen-bond acceptors (Lipinski definition) is 5. The molecule has 0 atom stereocenters. The number of carbonyl (C=O) groups excluding carboxylic acids is 1. The number of nitrogens with one attached hydrogen (secondary N) is 2. The second-order valence-electron chi connectivity index (χ2n) is 6.54. The highest BCUT2D eigenvalue weighted by molar-refractivity contribution is 7.17. The molecule has 0 saturated carbocycles. The largest absolute Gasteiger partial charge is 0.359 e. The van der Waals surface area contributed by atoms with Crippen LogP contribution < -0.4 is 10.2 Å². The SMILES string of the molecule is CN(CCc1ccccn1)c1ncccc1CNC(=O)c1cc2sccc2[nH]1. The summed E-state index contributed by atoms with van der Waals surface area (Å²) in [5.74, 6) is 0.751. The van der Waals surface area contributed by atoms with Crippen molar-refractivity contribution in [3.63, 3.8) is 0 Å². The normalized spacial score (nSPS) is 10.9. The standard InChI is InChI=1S/C21H21N5OS/c1-26(11-7-16-6-2-3-9-22-16)20-15(5-4-10-23-20)14-24-21(27)18-13-19-17(25-18)8-12-28-19/h2-6,8-10,12-13,25H,7,11,14H2,1H3,(H,24,27). The van der Waals surface area contributed by atoms with Crippen molar-refractivity contribution >= 4 is 33.3 Å². The quantitative estimate of drug-likeness (QED) is 0.505. The van der Waals surface area contributed by atoms with Gasteiger partial charge < -0.3 is 15.2 Å². The number of aromatic nitrogens is 3. The molecule has 4 rings (SSSR count). The zero-order valence-corrected chi connectivity index (χ0v) is 16.4. The molecular formula is C21H21N5OS. The number of hydrogen-bond donors (Lipinski definition) is 2. The van der Waals surface area contributed by atoms with E-state index in [1.54, 1.807) is 17.5 Å². The van der Waals surface area contributed by atoms with Gasteiger partial charge in [0.15, 0.2) is 0 Å². The van der Waals surface area contributed by atoms with Gasteiger partial charge in [-0.2, -0.15) is 0 Å². The zero-order valence-electron chi connectivity index (χ0n) is 15.6. The van der Waals surface area contributed by atoms with E-state index in [0.29, 0.717) is 12.2 Å². The maximum Gasteiger partial charge on any atom is 0.268 e. The van der Waals surface area contributed by atoms with Gasteiger partial charge >= 0.3 is 0 Å².